The highest BCUT2D eigenvalue weighted by Crippen LogP contribution is 2.37. The Morgan fingerprint density at radius 2 is 1.83 bits per heavy atom. The molecule has 0 radical (unpaired) electrons. The van der Waals surface area contributed by atoms with Crippen LogP contribution in [0.5, 0.6) is 0 Å². The number of anilines is 1. The Morgan fingerprint density at radius 1 is 1.07 bits per heavy atom. The van der Waals surface area contributed by atoms with Gasteiger partial charge >= 0.3 is 0 Å². The van der Waals surface area contributed by atoms with Crippen LogP contribution in [0.25, 0.3) is 11.8 Å². The van der Waals surface area contributed by atoms with Gasteiger partial charge in [-0.15, -0.1) is 0 Å². The van der Waals surface area contributed by atoms with Crippen molar-refractivity contribution in [3.05, 3.63) is 92.6 Å². The second kappa shape index (κ2) is 7.82. The maximum Gasteiger partial charge on any atom is 0.271 e. The van der Waals surface area contributed by atoms with Crippen molar-refractivity contribution in [2.75, 3.05) is 4.90 Å². The number of halogens is 1. The van der Waals surface area contributed by atoms with Gasteiger partial charge in [0.25, 0.3) is 11.6 Å². The third kappa shape index (κ3) is 3.82. The number of thiocarbonyl (C=S) groups is 1. The molecule has 144 valence electrons. The second-order valence-corrected chi connectivity index (χ2v) is 8.19. The van der Waals surface area contributed by atoms with Crippen LogP contribution in [-0.2, 0) is 4.79 Å². The zero-order chi connectivity index (χ0) is 20.5. The highest BCUT2D eigenvalue weighted by Gasteiger charge is 2.33. The Hall–Kier alpha value is -2.94. The van der Waals surface area contributed by atoms with Gasteiger partial charge in [0.05, 0.1) is 21.2 Å². The number of carbonyl (C=O) groups is 1. The first-order valence-electron chi connectivity index (χ1n) is 8.40. The molecule has 0 spiro atoms. The maximum atomic E-state index is 13.0. The molecule has 2 aromatic carbocycles. The van der Waals surface area contributed by atoms with Crippen molar-refractivity contribution in [3.63, 3.8) is 0 Å². The summed E-state index contributed by atoms with van der Waals surface area (Å²) in [5.41, 5.74) is 1.93. The lowest BCUT2D eigenvalue weighted by Gasteiger charge is -2.14. The van der Waals surface area contributed by atoms with Crippen LogP contribution >= 0.6 is 35.6 Å². The smallest absolute Gasteiger partial charge is 0.271 e. The van der Waals surface area contributed by atoms with Crippen LogP contribution < -0.4 is 4.90 Å². The van der Waals surface area contributed by atoms with Crippen molar-refractivity contribution in [2.24, 2.45) is 0 Å². The molecule has 9 heteroatoms. The Labute approximate surface area is 180 Å². The van der Waals surface area contributed by atoms with Gasteiger partial charge in [0.2, 0.25) is 0 Å². The van der Waals surface area contributed by atoms with Gasteiger partial charge in [0.15, 0.2) is 4.32 Å². The molecule has 0 unspecified atom stereocenters. The average Bonchev–Trinajstić information content (AvgIpc) is 3.26. The van der Waals surface area contributed by atoms with Crippen LogP contribution in [-0.4, -0.2) is 19.7 Å². The van der Waals surface area contributed by atoms with Crippen LogP contribution in [0.15, 0.2) is 71.8 Å². The molecule has 0 atom stereocenters. The minimum absolute atomic E-state index is 0.00516. The van der Waals surface area contributed by atoms with E-state index in [1.807, 2.05) is 12.1 Å². The van der Waals surface area contributed by atoms with Crippen LogP contribution in [0.2, 0.25) is 5.02 Å². The highest BCUT2D eigenvalue weighted by molar-refractivity contribution is 8.27. The fraction of sp³-hybridized carbons (Fsp3) is 0. The minimum atomic E-state index is -0.442. The fourth-order valence-corrected chi connectivity index (χ4v) is 4.41. The first kappa shape index (κ1) is 19.4. The normalized spacial score (nSPS) is 15.3. The van der Waals surface area contributed by atoms with E-state index in [9.17, 15) is 14.9 Å². The molecule has 6 nitrogen and oxygen atoms in total. The number of hydrogen-bond acceptors (Lipinski definition) is 5. The topological polar surface area (TPSA) is 68.4 Å². The number of nitro groups is 1. The molecule has 1 aromatic heterocycles. The second-order valence-electron chi connectivity index (χ2n) is 6.08. The van der Waals surface area contributed by atoms with E-state index in [2.05, 4.69) is 0 Å². The van der Waals surface area contributed by atoms with Gasteiger partial charge in [-0.25, -0.2) is 0 Å². The number of thioether (sulfide) groups is 1. The lowest BCUT2D eigenvalue weighted by atomic mass is 10.2. The summed E-state index contributed by atoms with van der Waals surface area (Å²) in [4.78, 5) is 25.5. The molecule has 1 amide bonds. The molecule has 1 aliphatic rings. The first-order chi connectivity index (χ1) is 13.9. The van der Waals surface area contributed by atoms with Gasteiger partial charge in [0.1, 0.15) is 0 Å². The van der Waals surface area contributed by atoms with Gasteiger partial charge in [0, 0.05) is 29.0 Å². The predicted octanol–water partition coefficient (Wildman–Crippen LogP) is 5.44. The number of amides is 1. The van der Waals surface area contributed by atoms with E-state index >= 15 is 0 Å². The van der Waals surface area contributed by atoms with E-state index < -0.39 is 4.92 Å². The summed E-state index contributed by atoms with van der Waals surface area (Å²) >= 11 is 12.6. The summed E-state index contributed by atoms with van der Waals surface area (Å²) in [5.74, 6) is -0.242. The van der Waals surface area contributed by atoms with Crippen LogP contribution in [0.1, 0.15) is 5.69 Å². The fourth-order valence-electron chi connectivity index (χ4n) is 2.94. The molecule has 0 aliphatic carbocycles. The highest BCUT2D eigenvalue weighted by atomic mass is 35.5. The molecule has 2 heterocycles. The molecule has 3 aromatic rings. The van der Waals surface area contributed by atoms with Crippen molar-refractivity contribution in [2.45, 2.75) is 0 Å². The number of rotatable bonds is 4. The summed E-state index contributed by atoms with van der Waals surface area (Å²) in [6, 6.07) is 16.9. The number of nitro benzene ring substituents is 1. The van der Waals surface area contributed by atoms with E-state index in [4.69, 9.17) is 23.8 Å². The van der Waals surface area contributed by atoms with Gasteiger partial charge < -0.3 is 4.57 Å². The van der Waals surface area contributed by atoms with E-state index in [0.29, 0.717) is 31.3 Å². The molecule has 1 saturated heterocycles. The van der Waals surface area contributed by atoms with Crippen molar-refractivity contribution >= 4 is 63.3 Å². The van der Waals surface area contributed by atoms with Gasteiger partial charge in [-0.1, -0.05) is 47.7 Å². The van der Waals surface area contributed by atoms with Gasteiger partial charge in [-0.3, -0.25) is 19.8 Å². The molecule has 0 saturated carbocycles. The van der Waals surface area contributed by atoms with Crippen molar-refractivity contribution in [3.8, 4) is 5.69 Å². The summed E-state index contributed by atoms with van der Waals surface area (Å²) in [5, 5.41) is 11.6. The molecule has 1 fully saturated rings. The number of nitrogens with zero attached hydrogens (tertiary/aromatic N) is 3. The van der Waals surface area contributed by atoms with E-state index in [-0.39, 0.29) is 11.6 Å². The molecule has 4 rings (SSSR count). The van der Waals surface area contributed by atoms with Crippen LogP contribution in [0, 0.1) is 10.1 Å². The summed E-state index contributed by atoms with van der Waals surface area (Å²) in [7, 11) is 0. The maximum absolute atomic E-state index is 13.0. The van der Waals surface area contributed by atoms with Crippen molar-refractivity contribution in [1.82, 2.24) is 4.57 Å². The summed E-state index contributed by atoms with van der Waals surface area (Å²) in [6.45, 7) is 0. The zero-order valence-corrected chi connectivity index (χ0v) is 17.1. The van der Waals surface area contributed by atoms with E-state index in [0.717, 1.165) is 0 Å². The number of benzene rings is 2. The van der Waals surface area contributed by atoms with E-state index in [1.165, 1.54) is 28.8 Å². The van der Waals surface area contributed by atoms with Crippen molar-refractivity contribution < 1.29 is 9.72 Å². The lowest BCUT2D eigenvalue weighted by Crippen LogP contribution is -2.27. The molecule has 29 heavy (non-hydrogen) atoms. The Morgan fingerprint density at radius 3 is 2.59 bits per heavy atom. The predicted molar refractivity (Wildman–Crippen MR) is 120 cm³/mol. The third-order valence-corrected chi connectivity index (χ3v) is 5.78. The van der Waals surface area contributed by atoms with Gasteiger partial charge in [-0.05, 0) is 42.5 Å². The standard InChI is InChI=1S/C20H12ClN3O3S2/c21-13-4-1-6-16(10-13)23-19(25)18(29-20(23)28)12-15-8-3-9-22(15)14-5-2-7-17(11-14)24(26)27/h1-12H/b18-12-. The monoisotopic (exact) mass is 441 g/mol. The first-order valence-corrected chi connectivity index (χ1v) is 10.00. The van der Waals surface area contributed by atoms with E-state index in [1.54, 1.807) is 53.2 Å². The molecular formula is C20H12ClN3O3S2. The van der Waals surface area contributed by atoms with Gasteiger partial charge in [-0.2, -0.15) is 0 Å². The lowest BCUT2D eigenvalue weighted by molar-refractivity contribution is -0.384. The molecule has 1 aliphatic heterocycles. The third-order valence-electron chi connectivity index (χ3n) is 4.24. The molecular weight excluding hydrogens is 430 g/mol. The SMILES string of the molecule is O=C1/C(=C/c2cccn2-c2cccc([N+](=O)[O-])c2)SC(=S)N1c1cccc(Cl)c1. The molecule has 0 bridgehead atoms. The zero-order valence-electron chi connectivity index (χ0n) is 14.7. The van der Waals surface area contributed by atoms with Crippen molar-refractivity contribution in [1.29, 1.82) is 0 Å². The Kier molecular flexibility index (Phi) is 5.23. The number of hydrogen-bond donors (Lipinski definition) is 0. The number of non-ortho nitro benzene ring substituents is 1. The Bertz CT molecular complexity index is 1190. The number of aromatic nitrogens is 1. The Balaban J connectivity index is 1.69. The quantitative estimate of drug-likeness (QED) is 0.233. The van der Waals surface area contributed by atoms with Crippen LogP contribution in [0.3, 0.4) is 0 Å². The average molecular weight is 442 g/mol. The number of carbonyl (C=O) groups excluding carboxylic acids is 1. The largest absolute Gasteiger partial charge is 0.317 e. The minimum Gasteiger partial charge on any atom is -0.317 e. The molecule has 0 N–H and O–H groups in total. The summed E-state index contributed by atoms with van der Waals surface area (Å²) < 4.78 is 2.19. The van der Waals surface area contributed by atoms with Crippen LogP contribution in [0.4, 0.5) is 11.4 Å². The summed E-state index contributed by atoms with van der Waals surface area (Å²) in [6.07, 6.45) is 3.51.